The molecule has 0 aliphatic heterocycles. The Morgan fingerprint density at radius 2 is 1.24 bits per heavy atom. The summed E-state index contributed by atoms with van der Waals surface area (Å²) >= 11 is 0. The van der Waals surface area contributed by atoms with Gasteiger partial charge in [0.25, 0.3) is 0 Å². The molecular formula is C21H28N2O6. The molecule has 0 unspecified atom stereocenters. The maximum absolute atomic E-state index is 12.5. The molecule has 29 heavy (non-hydrogen) atoms. The molecule has 0 bridgehead atoms. The predicted molar refractivity (Wildman–Crippen MR) is 112 cm³/mol. The highest BCUT2D eigenvalue weighted by Crippen LogP contribution is 2.41. The summed E-state index contributed by atoms with van der Waals surface area (Å²) in [6.45, 7) is 7.00. The number of nitrogens with one attached hydrogen (secondary N) is 2. The lowest BCUT2D eigenvalue weighted by atomic mass is 10.2. The summed E-state index contributed by atoms with van der Waals surface area (Å²) in [7, 11) is 3.08. The molecule has 0 spiro atoms. The number of rotatable bonds is 10. The number of ether oxygens (including phenoxy) is 5. The Hall–Kier alpha value is -3.29. The molecule has 158 valence electrons. The largest absolute Gasteiger partial charge is 0.493 e. The molecule has 2 aromatic rings. The Morgan fingerprint density at radius 3 is 1.76 bits per heavy atom. The number of methoxy groups -OCH3 is 2. The second-order valence-corrected chi connectivity index (χ2v) is 5.75. The fraction of sp³-hybridized carbons (Fsp3) is 0.381. The minimum absolute atomic E-state index is 0.425. The van der Waals surface area contributed by atoms with E-state index < -0.39 is 6.03 Å². The zero-order valence-electron chi connectivity index (χ0n) is 17.5. The zero-order chi connectivity index (χ0) is 21.2. The second-order valence-electron chi connectivity index (χ2n) is 5.75. The van der Waals surface area contributed by atoms with Gasteiger partial charge in [-0.3, -0.25) is 0 Å². The third kappa shape index (κ3) is 5.84. The van der Waals surface area contributed by atoms with Gasteiger partial charge in [-0.1, -0.05) is 0 Å². The number of benzene rings is 2. The summed E-state index contributed by atoms with van der Waals surface area (Å²) in [5, 5.41) is 5.55. The van der Waals surface area contributed by atoms with E-state index in [2.05, 4.69) is 10.6 Å². The van der Waals surface area contributed by atoms with Gasteiger partial charge in [-0.05, 0) is 32.9 Å². The summed E-state index contributed by atoms with van der Waals surface area (Å²) < 4.78 is 27.5. The lowest BCUT2D eigenvalue weighted by Crippen LogP contribution is -2.19. The van der Waals surface area contributed by atoms with Crippen molar-refractivity contribution in [2.24, 2.45) is 0 Å². The van der Waals surface area contributed by atoms with Gasteiger partial charge in [0.2, 0.25) is 5.75 Å². The molecule has 0 atom stereocenters. The first-order chi connectivity index (χ1) is 14.1. The highest BCUT2D eigenvalue weighted by atomic mass is 16.5. The van der Waals surface area contributed by atoms with Gasteiger partial charge in [0.1, 0.15) is 0 Å². The van der Waals surface area contributed by atoms with Crippen molar-refractivity contribution in [1.82, 2.24) is 0 Å². The maximum atomic E-state index is 12.5. The van der Waals surface area contributed by atoms with Crippen molar-refractivity contribution in [2.75, 3.05) is 44.7 Å². The fourth-order valence-electron chi connectivity index (χ4n) is 2.67. The van der Waals surface area contributed by atoms with E-state index >= 15 is 0 Å². The summed E-state index contributed by atoms with van der Waals surface area (Å²) in [6.07, 6.45) is 0. The van der Waals surface area contributed by atoms with Crippen LogP contribution in [0.2, 0.25) is 0 Å². The smallest absolute Gasteiger partial charge is 0.323 e. The van der Waals surface area contributed by atoms with Gasteiger partial charge < -0.3 is 34.3 Å². The molecule has 0 aliphatic carbocycles. The summed E-state index contributed by atoms with van der Waals surface area (Å²) in [5.41, 5.74) is 1.07. The van der Waals surface area contributed by atoms with Crippen molar-refractivity contribution < 1.29 is 28.5 Å². The molecule has 8 nitrogen and oxygen atoms in total. The zero-order valence-corrected chi connectivity index (χ0v) is 17.5. The van der Waals surface area contributed by atoms with Crippen molar-refractivity contribution in [3.8, 4) is 28.7 Å². The lowest BCUT2D eigenvalue weighted by molar-refractivity contribution is 0.260. The number of urea groups is 1. The summed E-state index contributed by atoms with van der Waals surface area (Å²) in [4.78, 5) is 12.5. The highest BCUT2D eigenvalue weighted by Gasteiger charge is 2.16. The Bertz CT molecular complexity index is 798. The van der Waals surface area contributed by atoms with E-state index in [0.29, 0.717) is 59.9 Å². The van der Waals surface area contributed by atoms with Crippen LogP contribution in [0.5, 0.6) is 28.7 Å². The number of hydrogen-bond acceptors (Lipinski definition) is 6. The van der Waals surface area contributed by atoms with Crippen LogP contribution in [0.3, 0.4) is 0 Å². The van der Waals surface area contributed by atoms with Crippen LogP contribution in [0.4, 0.5) is 16.2 Å². The normalized spacial score (nSPS) is 10.1. The molecule has 0 aliphatic rings. The predicted octanol–water partition coefficient (Wildman–Crippen LogP) is 4.54. The molecule has 0 aromatic heterocycles. The number of hydrogen-bond donors (Lipinski definition) is 2. The van der Waals surface area contributed by atoms with Gasteiger partial charge in [0, 0.05) is 23.9 Å². The Morgan fingerprint density at radius 1 is 0.724 bits per heavy atom. The first-order valence-corrected chi connectivity index (χ1v) is 9.42. The first-order valence-electron chi connectivity index (χ1n) is 9.42. The minimum Gasteiger partial charge on any atom is -0.493 e. The van der Waals surface area contributed by atoms with Crippen LogP contribution < -0.4 is 34.3 Å². The number of amides is 2. The molecule has 2 aromatic carbocycles. The minimum atomic E-state index is -0.425. The van der Waals surface area contributed by atoms with Gasteiger partial charge in [-0.25, -0.2) is 4.79 Å². The van der Waals surface area contributed by atoms with E-state index in [9.17, 15) is 4.79 Å². The average molecular weight is 404 g/mol. The average Bonchev–Trinajstić information content (AvgIpc) is 2.70. The Balaban J connectivity index is 2.22. The van der Waals surface area contributed by atoms with Crippen molar-refractivity contribution in [3.05, 3.63) is 30.3 Å². The molecule has 0 saturated carbocycles. The Kier molecular flexibility index (Phi) is 8.27. The monoisotopic (exact) mass is 404 g/mol. The van der Waals surface area contributed by atoms with Crippen molar-refractivity contribution >= 4 is 17.4 Å². The third-order valence-corrected chi connectivity index (χ3v) is 3.81. The topological polar surface area (TPSA) is 87.3 Å². The van der Waals surface area contributed by atoms with Gasteiger partial charge in [-0.15, -0.1) is 0 Å². The van der Waals surface area contributed by atoms with Crippen molar-refractivity contribution in [3.63, 3.8) is 0 Å². The highest BCUT2D eigenvalue weighted by molar-refractivity contribution is 6.00. The standard InChI is InChI=1S/C21H28N2O6/c1-6-27-18-12-15(13-19(28-7-2)20(18)29-8-3)23-21(24)22-14-9-10-16(25-4)17(11-14)26-5/h9-13H,6-8H2,1-5H3,(H2,22,23,24). The van der Waals surface area contributed by atoms with E-state index in [-0.39, 0.29) is 0 Å². The number of anilines is 2. The molecule has 0 saturated heterocycles. The third-order valence-electron chi connectivity index (χ3n) is 3.81. The van der Waals surface area contributed by atoms with Crippen LogP contribution >= 0.6 is 0 Å². The van der Waals surface area contributed by atoms with Crippen LogP contribution in [0.1, 0.15) is 20.8 Å². The molecule has 2 amide bonds. The van der Waals surface area contributed by atoms with Crippen LogP contribution in [-0.2, 0) is 0 Å². The second kappa shape index (κ2) is 10.9. The maximum Gasteiger partial charge on any atom is 0.323 e. The molecular weight excluding hydrogens is 376 g/mol. The van der Waals surface area contributed by atoms with E-state index in [1.807, 2.05) is 20.8 Å². The van der Waals surface area contributed by atoms with Gasteiger partial charge in [0.15, 0.2) is 23.0 Å². The first kappa shape index (κ1) is 22.0. The Labute approximate surface area is 171 Å². The van der Waals surface area contributed by atoms with Crippen molar-refractivity contribution in [2.45, 2.75) is 20.8 Å². The summed E-state index contributed by atoms with van der Waals surface area (Å²) in [6, 6.07) is 8.08. The van der Waals surface area contributed by atoms with E-state index in [4.69, 9.17) is 23.7 Å². The molecule has 0 heterocycles. The summed E-state index contributed by atoms with van der Waals surface area (Å²) in [5.74, 6) is 2.61. The van der Waals surface area contributed by atoms with Crippen LogP contribution in [0.15, 0.2) is 30.3 Å². The molecule has 2 N–H and O–H groups in total. The van der Waals surface area contributed by atoms with Crippen LogP contribution in [-0.4, -0.2) is 40.1 Å². The van der Waals surface area contributed by atoms with E-state index in [0.717, 1.165) is 0 Å². The van der Waals surface area contributed by atoms with Gasteiger partial charge in [-0.2, -0.15) is 0 Å². The van der Waals surface area contributed by atoms with E-state index in [1.54, 1.807) is 37.4 Å². The van der Waals surface area contributed by atoms with Gasteiger partial charge in [0.05, 0.1) is 39.7 Å². The number of carbonyl (C=O) groups is 1. The lowest BCUT2D eigenvalue weighted by Gasteiger charge is -2.17. The molecule has 2 rings (SSSR count). The SMILES string of the molecule is CCOc1cc(NC(=O)Nc2ccc(OC)c(OC)c2)cc(OCC)c1OCC. The van der Waals surface area contributed by atoms with Crippen LogP contribution in [0.25, 0.3) is 0 Å². The number of carbonyl (C=O) groups excluding carboxylic acids is 1. The van der Waals surface area contributed by atoms with Crippen molar-refractivity contribution in [1.29, 1.82) is 0 Å². The van der Waals surface area contributed by atoms with E-state index in [1.165, 1.54) is 7.11 Å². The molecule has 8 heteroatoms. The molecule has 0 fully saturated rings. The quantitative estimate of drug-likeness (QED) is 0.604. The molecule has 0 radical (unpaired) electrons. The van der Waals surface area contributed by atoms with Gasteiger partial charge >= 0.3 is 6.03 Å². The fourth-order valence-corrected chi connectivity index (χ4v) is 2.67. The van der Waals surface area contributed by atoms with Crippen LogP contribution in [0, 0.1) is 0 Å².